The lowest BCUT2D eigenvalue weighted by Crippen LogP contribution is -2.46. The van der Waals surface area contributed by atoms with Gasteiger partial charge >= 0.3 is 12.2 Å². The van der Waals surface area contributed by atoms with Gasteiger partial charge in [0.25, 0.3) is 5.91 Å². The van der Waals surface area contributed by atoms with E-state index < -0.39 is 42.5 Å². The summed E-state index contributed by atoms with van der Waals surface area (Å²) in [4.78, 5) is 40.6. The second-order valence-corrected chi connectivity index (χ2v) is 8.75. The molecule has 1 atom stereocenters. The number of rotatable bonds is 4. The average molecular weight is 439 g/mol. The number of aryl methyl sites for hydroxylation is 2. The van der Waals surface area contributed by atoms with Crippen LogP contribution in [0.25, 0.3) is 0 Å². The first-order valence-corrected chi connectivity index (χ1v) is 10.4. The van der Waals surface area contributed by atoms with Crippen molar-refractivity contribution in [1.82, 2.24) is 14.8 Å². The third kappa shape index (κ3) is 3.23. The predicted octanol–water partition coefficient (Wildman–Crippen LogP) is 3.70. The van der Waals surface area contributed by atoms with Crippen molar-refractivity contribution in [2.75, 3.05) is 6.54 Å². The molecule has 0 bridgehead atoms. The Labute approximate surface area is 174 Å². The summed E-state index contributed by atoms with van der Waals surface area (Å²) in [5.74, 6) is -1.05. The number of halogens is 3. The highest BCUT2D eigenvalue weighted by Gasteiger charge is 2.54. The van der Waals surface area contributed by atoms with E-state index in [0.29, 0.717) is 6.42 Å². The molecule has 0 aromatic carbocycles. The van der Waals surface area contributed by atoms with Gasteiger partial charge in [0.1, 0.15) is 12.1 Å². The van der Waals surface area contributed by atoms with Gasteiger partial charge in [-0.15, -0.1) is 11.3 Å². The van der Waals surface area contributed by atoms with Gasteiger partial charge in [-0.25, -0.2) is 4.79 Å². The zero-order valence-corrected chi connectivity index (χ0v) is 17.2. The lowest BCUT2D eigenvalue weighted by Gasteiger charge is -2.31. The van der Waals surface area contributed by atoms with Crippen LogP contribution in [0.1, 0.15) is 45.0 Å². The van der Waals surface area contributed by atoms with E-state index in [4.69, 9.17) is 0 Å². The van der Waals surface area contributed by atoms with E-state index >= 15 is 0 Å². The first-order chi connectivity index (χ1) is 14.0. The number of carbonyl (C=O) groups is 3. The number of imide groups is 1. The van der Waals surface area contributed by atoms with Crippen molar-refractivity contribution in [3.63, 3.8) is 0 Å². The largest absolute Gasteiger partial charge is 0.406 e. The number of thiophene rings is 1. The molecule has 0 radical (unpaired) electrons. The van der Waals surface area contributed by atoms with Crippen molar-refractivity contribution in [3.8, 4) is 0 Å². The molecule has 2 aromatic heterocycles. The fourth-order valence-electron chi connectivity index (χ4n) is 4.42. The van der Waals surface area contributed by atoms with Crippen molar-refractivity contribution >= 4 is 29.1 Å². The lowest BCUT2D eigenvalue weighted by atomic mass is 9.80. The fourth-order valence-corrected chi connectivity index (χ4v) is 5.42. The Bertz CT molecular complexity index is 1060. The van der Waals surface area contributed by atoms with Crippen molar-refractivity contribution in [1.29, 1.82) is 0 Å². The molecule has 1 saturated heterocycles. The van der Waals surface area contributed by atoms with E-state index in [2.05, 4.69) is 5.32 Å². The topological polar surface area (TPSA) is 71.4 Å². The average Bonchev–Trinajstić information content (AvgIpc) is 3.30. The second-order valence-electron chi connectivity index (χ2n) is 7.75. The van der Waals surface area contributed by atoms with E-state index in [1.165, 1.54) is 31.3 Å². The molecule has 1 N–H and O–H groups in total. The number of nitrogens with zero attached hydrogens (tertiary/aromatic N) is 2. The van der Waals surface area contributed by atoms with E-state index in [0.717, 1.165) is 32.7 Å². The first-order valence-electron chi connectivity index (χ1n) is 9.51. The number of nitrogens with one attached hydrogen (secondary N) is 1. The normalized spacial score (nSPS) is 21.3. The van der Waals surface area contributed by atoms with Crippen LogP contribution < -0.4 is 5.32 Å². The molecular weight excluding hydrogens is 419 g/mol. The number of alkyl halides is 3. The van der Waals surface area contributed by atoms with Gasteiger partial charge in [-0.3, -0.25) is 14.5 Å². The van der Waals surface area contributed by atoms with E-state index in [9.17, 15) is 27.6 Å². The molecule has 6 nitrogen and oxygen atoms in total. The Balaban J connectivity index is 1.59. The van der Waals surface area contributed by atoms with Gasteiger partial charge in [-0.1, -0.05) is 0 Å². The minimum absolute atomic E-state index is 0.0816. The molecule has 0 saturated carbocycles. The molecule has 4 rings (SSSR count). The van der Waals surface area contributed by atoms with Gasteiger partial charge in [0.05, 0.1) is 6.54 Å². The van der Waals surface area contributed by atoms with Crippen LogP contribution in [-0.4, -0.2) is 39.9 Å². The highest BCUT2D eigenvalue weighted by atomic mass is 32.1. The predicted molar refractivity (Wildman–Crippen MR) is 103 cm³/mol. The van der Waals surface area contributed by atoms with Crippen molar-refractivity contribution in [3.05, 3.63) is 44.9 Å². The third-order valence-electron chi connectivity index (χ3n) is 5.85. The smallest absolute Gasteiger partial charge is 0.339 e. The third-order valence-corrected chi connectivity index (χ3v) is 6.83. The number of hydrogen-bond acceptors (Lipinski definition) is 4. The number of carbonyl (C=O) groups excluding carboxylic acids is 3. The molecule has 1 spiro atoms. The van der Waals surface area contributed by atoms with E-state index in [1.54, 1.807) is 0 Å². The molecule has 3 amide bonds. The maximum atomic E-state index is 13.2. The molecule has 1 aliphatic heterocycles. The summed E-state index contributed by atoms with van der Waals surface area (Å²) in [5, 5.41) is 4.64. The Morgan fingerprint density at radius 3 is 2.73 bits per heavy atom. The number of hydrogen-bond donors (Lipinski definition) is 1. The van der Waals surface area contributed by atoms with Crippen molar-refractivity contribution in [2.45, 2.75) is 51.4 Å². The molecule has 3 heterocycles. The van der Waals surface area contributed by atoms with E-state index in [1.807, 2.05) is 11.4 Å². The summed E-state index contributed by atoms with van der Waals surface area (Å²) in [5.41, 5.74) is 0.151. The Morgan fingerprint density at radius 2 is 2.03 bits per heavy atom. The summed E-state index contributed by atoms with van der Waals surface area (Å²) in [7, 11) is 0. The van der Waals surface area contributed by atoms with Crippen LogP contribution in [-0.2, 0) is 23.3 Å². The number of ketones is 1. The number of urea groups is 1. The highest BCUT2D eigenvalue weighted by molar-refractivity contribution is 7.10. The van der Waals surface area contributed by atoms with Crippen LogP contribution in [0.4, 0.5) is 18.0 Å². The van der Waals surface area contributed by atoms with Crippen LogP contribution in [0.2, 0.25) is 0 Å². The quantitative estimate of drug-likeness (QED) is 0.583. The summed E-state index contributed by atoms with van der Waals surface area (Å²) in [6.45, 7) is 1.20. The zero-order valence-electron chi connectivity index (χ0n) is 16.4. The van der Waals surface area contributed by atoms with Gasteiger partial charge in [0.15, 0.2) is 5.78 Å². The van der Waals surface area contributed by atoms with Gasteiger partial charge in [0, 0.05) is 27.4 Å². The van der Waals surface area contributed by atoms with Crippen LogP contribution in [0.5, 0.6) is 0 Å². The van der Waals surface area contributed by atoms with E-state index in [-0.39, 0.29) is 17.0 Å². The molecule has 2 aromatic rings. The summed E-state index contributed by atoms with van der Waals surface area (Å²) >= 11 is 1.53. The van der Waals surface area contributed by atoms with Crippen LogP contribution in [0.3, 0.4) is 0 Å². The monoisotopic (exact) mass is 439 g/mol. The van der Waals surface area contributed by atoms with Crippen LogP contribution in [0.15, 0.2) is 17.5 Å². The zero-order chi connectivity index (χ0) is 21.8. The fraction of sp³-hybridized carbons (Fsp3) is 0.450. The molecule has 2 aliphatic rings. The molecule has 30 heavy (non-hydrogen) atoms. The molecular formula is C20H20F3N3O3S. The van der Waals surface area contributed by atoms with Crippen LogP contribution >= 0.6 is 11.3 Å². The Hall–Kier alpha value is -2.62. The number of fused-ring (bicyclic) bond motifs is 2. The Kier molecular flexibility index (Phi) is 4.80. The SMILES string of the molecule is Cc1cc(C(=O)CN2C(=O)NC3(CCCc4sccc43)C2=O)c(C)n1CC(F)(F)F. The van der Waals surface area contributed by atoms with Gasteiger partial charge in [0.2, 0.25) is 0 Å². The summed E-state index contributed by atoms with van der Waals surface area (Å²) < 4.78 is 39.5. The number of aromatic nitrogens is 1. The second kappa shape index (κ2) is 6.97. The van der Waals surface area contributed by atoms with Crippen LogP contribution in [0, 0.1) is 13.8 Å². The van der Waals surface area contributed by atoms with Gasteiger partial charge in [-0.05, 0) is 50.6 Å². The summed E-state index contributed by atoms with van der Waals surface area (Å²) in [6.07, 6.45) is -2.40. The van der Waals surface area contributed by atoms with Crippen molar-refractivity contribution in [2.24, 2.45) is 0 Å². The van der Waals surface area contributed by atoms with Crippen molar-refractivity contribution < 1.29 is 27.6 Å². The molecule has 1 fully saturated rings. The molecule has 10 heteroatoms. The summed E-state index contributed by atoms with van der Waals surface area (Å²) in [6, 6.07) is 2.54. The molecule has 1 aliphatic carbocycles. The maximum absolute atomic E-state index is 13.2. The standard InChI is InChI=1S/C20H20F3N3O3S/c1-11-8-13(12(2)26(11)10-20(21,22)23)15(27)9-25-17(28)19(24-18(25)29)6-3-4-16-14(19)5-7-30-16/h5,7-8H,3-4,6,9-10H2,1-2H3,(H,24,29). The van der Waals surface area contributed by atoms with Gasteiger partial charge in [-0.2, -0.15) is 13.2 Å². The molecule has 160 valence electrons. The minimum Gasteiger partial charge on any atom is -0.339 e. The molecule has 1 unspecified atom stereocenters. The first kappa shape index (κ1) is 20.6. The Morgan fingerprint density at radius 1 is 1.30 bits per heavy atom. The lowest BCUT2D eigenvalue weighted by molar-refractivity contribution is -0.141. The highest BCUT2D eigenvalue weighted by Crippen LogP contribution is 2.42. The minimum atomic E-state index is -4.43. The van der Waals surface area contributed by atoms with Gasteiger partial charge < -0.3 is 9.88 Å². The maximum Gasteiger partial charge on any atom is 0.406 e. The number of amides is 3. The number of Topliss-reactive ketones (excluding diaryl/α,β-unsaturated/α-hetero) is 1.